The molecule has 1 atom stereocenters. The lowest BCUT2D eigenvalue weighted by Gasteiger charge is -2.21. The lowest BCUT2D eigenvalue weighted by atomic mass is 9.99. The highest BCUT2D eigenvalue weighted by Crippen LogP contribution is 2.26. The lowest BCUT2D eigenvalue weighted by molar-refractivity contribution is -0.144. The molecule has 1 unspecified atom stereocenters. The molecule has 1 aromatic carbocycles. The summed E-state index contributed by atoms with van der Waals surface area (Å²) >= 11 is 0. The van der Waals surface area contributed by atoms with E-state index in [0.717, 1.165) is 16.8 Å². The molecule has 0 fully saturated rings. The van der Waals surface area contributed by atoms with Gasteiger partial charge >= 0.3 is 5.97 Å². The van der Waals surface area contributed by atoms with Crippen LogP contribution in [-0.4, -0.2) is 21.6 Å². The Morgan fingerprint density at radius 3 is 3.15 bits per heavy atom. The maximum atomic E-state index is 12.1. The van der Waals surface area contributed by atoms with Crippen LogP contribution in [0, 0.1) is 11.3 Å². The van der Waals surface area contributed by atoms with Crippen LogP contribution in [0.3, 0.4) is 0 Å². The molecule has 0 spiro atoms. The molecule has 2 aliphatic rings. The molecule has 4 bridgehead atoms. The minimum Gasteiger partial charge on any atom is -0.485 e. The first-order valence-electron chi connectivity index (χ1n) is 8.42. The molecule has 0 radical (unpaired) electrons. The van der Waals surface area contributed by atoms with Gasteiger partial charge in [-0.1, -0.05) is 23.8 Å². The summed E-state index contributed by atoms with van der Waals surface area (Å²) < 4.78 is 13.4. The summed E-state index contributed by atoms with van der Waals surface area (Å²) in [5.74, 6) is 0.286. The third-order valence-corrected chi connectivity index (χ3v) is 4.47. The molecule has 1 aliphatic carbocycles. The van der Waals surface area contributed by atoms with Crippen molar-refractivity contribution < 1.29 is 14.3 Å². The van der Waals surface area contributed by atoms with Crippen LogP contribution in [0.2, 0.25) is 0 Å². The minimum absolute atomic E-state index is 0.186. The zero-order valence-corrected chi connectivity index (χ0v) is 14.1. The number of hydrogen-bond acceptors (Lipinski definition) is 5. The summed E-state index contributed by atoms with van der Waals surface area (Å²) in [4.78, 5) is 16.3. The van der Waals surface area contributed by atoms with Gasteiger partial charge in [-0.25, -0.2) is 4.98 Å². The number of imidazole rings is 1. The first-order chi connectivity index (χ1) is 12.7. The van der Waals surface area contributed by atoms with Crippen LogP contribution in [-0.2, 0) is 22.7 Å². The van der Waals surface area contributed by atoms with Gasteiger partial charge in [-0.2, -0.15) is 5.26 Å². The van der Waals surface area contributed by atoms with Crippen molar-refractivity contribution in [3.8, 4) is 11.8 Å². The van der Waals surface area contributed by atoms with Gasteiger partial charge < -0.3 is 14.0 Å². The maximum Gasteiger partial charge on any atom is 0.310 e. The molecule has 6 nitrogen and oxygen atoms in total. The first-order valence-corrected chi connectivity index (χ1v) is 8.42. The van der Waals surface area contributed by atoms with Crippen molar-refractivity contribution in [3.63, 3.8) is 0 Å². The Bertz CT molecular complexity index is 949. The van der Waals surface area contributed by atoms with Gasteiger partial charge in [0.1, 0.15) is 24.5 Å². The van der Waals surface area contributed by atoms with Crippen molar-refractivity contribution in [3.05, 3.63) is 71.3 Å². The Labute approximate surface area is 151 Å². The van der Waals surface area contributed by atoms with Crippen LogP contribution in [0.15, 0.2) is 54.5 Å². The van der Waals surface area contributed by atoms with Crippen molar-refractivity contribution in [2.24, 2.45) is 0 Å². The molecule has 2 heterocycles. The van der Waals surface area contributed by atoms with Gasteiger partial charge in [0.05, 0.1) is 30.2 Å². The molecule has 2 aromatic rings. The second kappa shape index (κ2) is 6.89. The monoisotopic (exact) mass is 347 g/mol. The van der Waals surface area contributed by atoms with Crippen LogP contribution in [0.1, 0.15) is 29.7 Å². The maximum absolute atomic E-state index is 12.1. The predicted octanol–water partition coefficient (Wildman–Crippen LogP) is 2.88. The number of ether oxygens (including phenoxy) is 2. The third-order valence-electron chi connectivity index (χ3n) is 4.47. The van der Waals surface area contributed by atoms with E-state index in [1.165, 1.54) is 0 Å². The number of aromatic nitrogens is 2. The Morgan fingerprint density at radius 1 is 1.35 bits per heavy atom. The number of nitrogens with zero attached hydrogens (tertiary/aromatic N) is 3. The molecule has 6 heteroatoms. The average Bonchev–Trinajstić information content (AvgIpc) is 3.07. The molecule has 130 valence electrons. The Morgan fingerprint density at radius 2 is 2.27 bits per heavy atom. The quantitative estimate of drug-likeness (QED) is 0.685. The number of carbonyl (C=O) groups is 1. The van der Waals surface area contributed by atoms with Gasteiger partial charge in [0.15, 0.2) is 0 Å². The molecule has 0 saturated carbocycles. The van der Waals surface area contributed by atoms with Gasteiger partial charge in [0.25, 0.3) is 0 Å². The van der Waals surface area contributed by atoms with Crippen LogP contribution in [0.25, 0.3) is 0 Å². The van der Waals surface area contributed by atoms with Crippen molar-refractivity contribution in [1.29, 1.82) is 5.26 Å². The third kappa shape index (κ3) is 3.38. The first kappa shape index (κ1) is 16.2. The molecule has 0 saturated heterocycles. The highest BCUT2D eigenvalue weighted by Gasteiger charge is 2.19. The summed E-state index contributed by atoms with van der Waals surface area (Å²) in [5, 5.41) is 9.38. The predicted molar refractivity (Wildman–Crippen MR) is 93.2 cm³/mol. The molecular formula is C20H17N3O3. The van der Waals surface area contributed by atoms with Crippen molar-refractivity contribution in [1.82, 2.24) is 9.55 Å². The molecule has 0 N–H and O–H groups in total. The number of allylic oxidation sites excluding steroid dienone is 2. The number of esters is 1. The highest BCUT2D eigenvalue weighted by molar-refractivity contribution is 5.72. The number of benzene rings is 1. The van der Waals surface area contributed by atoms with E-state index >= 15 is 0 Å². The van der Waals surface area contributed by atoms with Crippen LogP contribution < -0.4 is 4.74 Å². The Hall–Kier alpha value is -3.33. The van der Waals surface area contributed by atoms with E-state index in [9.17, 15) is 10.1 Å². The number of hydrogen-bond donors (Lipinski definition) is 0. The summed E-state index contributed by atoms with van der Waals surface area (Å²) in [6.07, 6.45) is 9.74. The standard InChI is InChI=1S/C20H17N3O3/c21-9-16-5-4-15-7-19(16)26-18-3-1-2-14(6-18)8-20(24)25-12-17-10-22-13-23(17)11-15/h1-5,7,10,13,18H,6,8,11-12H2. The van der Waals surface area contributed by atoms with E-state index in [1.54, 1.807) is 18.6 Å². The summed E-state index contributed by atoms with van der Waals surface area (Å²) in [6.45, 7) is 0.742. The van der Waals surface area contributed by atoms with Crippen LogP contribution in [0.4, 0.5) is 0 Å². The lowest BCUT2D eigenvalue weighted by Crippen LogP contribution is -2.19. The smallest absolute Gasteiger partial charge is 0.310 e. The Kier molecular flexibility index (Phi) is 4.28. The molecule has 26 heavy (non-hydrogen) atoms. The van der Waals surface area contributed by atoms with Crippen molar-refractivity contribution >= 4 is 5.97 Å². The summed E-state index contributed by atoms with van der Waals surface area (Å²) in [6, 6.07) is 7.75. The average molecular weight is 347 g/mol. The highest BCUT2D eigenvalue weighted by atomic mass is 16.5. The second-order valence-corrected chi connectivity index (χ2v) is 6.36. The molecule has 1 aliphatic heterocycles. The topological polar surface area (TPSA) is 77.1 Å². The fourth-order valence-corrected chi connectivity index (χ4v) is 3.14. The van der Waals surface area contributed by atoms with Crippen molar-refractivity contribution in [2.45, 2.75) is 32.1 Å². The number of rotatable bonds is 0. The van der Waals surface area contributed by atoms with Crippen molar-refractivity contribution in [2.75, 3.05) is 0 Å². The van der Waals surface area contributed by atoms with E-state index in [0.29, 0.717) is 24.3 Å². The van der Waals surface area contributed by atoms with E-state index in [4.69, 9.17) is 9.47 Å². The normalized spacial score (nSPS) is 19.3. The second-order valence-electron chi connectivity index (χ2n) is 6.36. The van der Waals surface area contributed by atoms with Gasteiger partial charge in [-0.15, -0.1) is 0 Å². The summed E-state index contributed by atoms with van der Waals surface area (Å²) in [5.41, 5.74) is 3.24. The Balaban J connectivity index is 1.73. The number of carbonyl (C=O) groups excluding carboxylic acids is 1. The minimum atomic E-state index is -0.272. The van der Waals surface area contributed by atoms with E-state index < -0.39 is 0 Å². The largest absolute Gasteiger partial charge is 0.485 e. The zero-order chi connectivity index (χ0) is 17.9. The number of nitriles is 1. The molecular weight excluding hydrogens is 330 g/mol. The van der Waals surface area contributed by atoms with Crippen LogP contribution >= 0.6 is 0 Å². The van der Waals surface area contributed by atoms with Gasteiger partial charge in [0.2, 0.25) is 0 Å². The van der Waals surface area contributed by atoms with E-state index in [1.807, 2.05) is 34.9 Å². The molecule has 0 amide bonds. The van der Waals surface area contributed by atoms with Crippen LogP contribution in [0.5, 0.6) is 5.75 Å². The van der Waals surface area contributed by atoms with Gasteiger partial charge in [0, 0.05) is 13.0 Å². The molecule has 1 aromatic heterocycles. The fourth-order valence-electron chi connectivity index (χ4n) is 3.14. The number of cyclic esters (lactones) is 1. The fraction of sp³-hybridized carbons (Fsp3) is 0.250. The van der Waals surface area contributed by atoms with E-state index in [2.05, 4.69) is 11.1 Å². The number of fused-ring (bicyclic) bond motifs is 5. The van der Waals surface area contributed by atoms with E-state index in [-0.39, 0.29) is 25.1 Å². The zero-order valence-electron chi connectivity index (χ0n) is 14.1. The van der Waals surface area contributed by atoms with Gasteiger partial charge in [-0.05, 0) is 23.8 Å². The SMILES string of the molecule is N#Cc1ccc2cc1OC1C=CC=C(CC(=O)OCc3cncn3C2)C1. The molecule has 4 rings (SSSR count). The van der Waals surface area contributed by atoms with Gasteiger partial charge in [-0.3, -0.25) is 4.79 Å². The summed E-state index contributed by atoms with van der Waals surface area (Å²) in [7, 11) is 0.